The molecule has 1 unspecified atom stereocenters. The Kier molecular flexibility index (Phi) is 8.27. The van der Waals surface area contributed by atoms with Gasteiger partial charge in [0.1, 0.15) is 12.4 Å². The zero-order valence-corrected chi connectivity index (χ0v) is 18.7. The van der Waals surface area contributed by atoms with Crippen LogP contribution >= 0.6 is 24.0 Å². The number of nitrogens with zero attached hydrogens (tertiary/aromatic N) is 6. The van der Waals surface area contributed by atoms with Gasteiger partial charge in [-0.15, -0.1) is 34.2 Å². The highest BCUT2D eigenvalue weighted by molar-refractivity contribution is 14.0. The van der Waals surface area contributed by atoms with Crippen molar-refractivity contribution in [1.82, 2.24) is 29.9 Å². The molecule has 3 heterocycles. The van der Waals surface area contributed by atoms with Crippen LogP contribution in [0.5, 0.6) is 0 Å². The van der Waals surface area contributed by atoms with Crippen LogP contribution in [0.4, 0.5) is 0 Å². The van der Waals surface area contributed by atoms with Gasteiger partial charge in [-0.3, -0.25) is 4.79 Å². The minimum atomic E-state index is 0. The fraction of sp³-hybridized carbons (Fsp3) is 0.765. The second-order valence-corrected chi connectivity index (χ2v) is 6.87. The Morgan fingerprint density at radius 3 is 2.52 bits per heavy atom. The Hall–Kier alpha value is -1.43. The number of carbonyl (C=O) groups is 1. The van der Waals surface area contributed by atoms with Crippen molar-refractivity contribution in [3.63, 3.8) is 0 Å². The molecule has 3 rings (SSSR count). The van der Waals surface area contributed by atoms with Gasteiger partial charge in [-0.25, -0.2) is 4.99 Å². The van der Waals surface area contributed by atoms with Gasteiger partial charge in [0.2, 0.25) is 5.91 Å². The van der Waals surface area contributed by atoms with Crippen LogP contribution in [0.2, 0.25) is 0 Å². The van der Waals surface area contributed by atoms with E-state index in [1.807, 2.05) is 23.4 Å². The van der Waals surface area contributed by atoms with Gasteiger partial charge in [-0.2, -0.15) is 0 Å². The van der Waals surface area contributed by atoms with Crippen LogP contribution < -0.4 is 5.32 Å². The van der Waals surface area contributed by atoms with E-state index in [0.29, 0.717) is 6.54 Å². The summed E-state index contributed by atoms with van der Waals surface area (Å²) >= 11 is 0. The summed E-state index contributed by atoms with van der Waals surface area (Å²) in [6.07, 6.45) is 2.45. The Morgan fingerprint density at radius 1 is 1.26 bits per heavy atom. The van der Waals surface area contributed by atoms with E-state index in [2.05, 4.69) is 20.4 Å². The number of nitrogens with one attached hydrogen (secondary N) is 1. The van der Waals surface area contributed by atoms with Gasteiger partial charge in [0, 0.05) is 53.3 Å². The lowest BCUT2D eigenvalue weighted by Gasteiger charge is -2.36. The monoisotopic (exact) mass is 491 g/mol. The largest absolute Gasteiger partial charge is 0.376 e. The third kappa shape index (κ3) is 5.77. The average molecular weight is 491 g/mol. The normalized spacial score (nSPS) is 20.6. The molecule has 2 aliphatic heterocycles. The van der Waals surface area contributed by atoms with Gasteiger partial charge in [0.05, 0.1) is 6.10 Å². The van der Waals surface area contributed by atoms with Crippen LogP contribution in [0.25, 0.3) is 0 Å². The summed E-state index contributed by atoms with van der Waals surface area (Å²) in [4.78, 5) is 20.4. The van der Waals surface area contributed by atoms with Crippen molar-refractivity contribution in [3.8, 4) is 0 Å². The van der Waals surface area contributed by atoms with Gasteiger partial charge in [-0.1, -0.05) is 0 Å². The predicted molar refractivity (Wildman–Crippen MR) is 113 cm³/mol. The van der Waals surface area contributed by atoms with E-state index in [-0.39, 0.29) is 36.0 Å². The maximum absolute atomic E-state index is 11.6. The molecule has 1 amide bonds. The molecule has 1 atom stereocenters. The first-order chi connectivity index (χ1) is 12.5. The van der Waals surface area contributed by atoms with Crippen LogP contribution in [0.1, 0.15) is 31.4 Å². The Bertz CT molecular complexity index is 650. The molecule has 0 radical (unpaired) electrons. The van der Waals surface area contributed by atoms with Gasteiger partial charge < -0.3 is 24.4 Å². The number of aliphatic imine (C=N–C) groups is 1. The molecule has 2 saturated heterocycles. The molecule has 2 aliphatic rings. The number of aryl methyl sites for hydroxylation is 1. The van der Waals surface area contributed by atoms with Crippen molar-refractivity contribution in [1.29, 1.82) is 0 Å². The van der Waals surface area contributed by atoms with Crippen molar-refractivity contribution >= 4 is 35.8 Å². The van der Waals surface area contributed by atoms with Crippen LogP contribution in [0.15, 0.2) is 4.99 Å². The van der Waals surface area contributed by atoms with Crippen molar-refractivity contribution in [2.75, 3.05) is 39.3 Å². The maximum atomic E-state index is 11.6. The minimum Gasteiger partial charge on any atom is -0.376 e. The number of carbonyl (C=O) groups excluding carboxylic acids is 1. The molecular formula is C17H30IN7O2. The number of ether oxygens (including phenoxy) is 1. The number of halogens is 1. The first kappa shape index (κ1) is 21.9. The molecule has 0 aliphatic carbocycles. The van der Waals surface area contributed by atoms with Gasteiger partial charge >= 0.3 is 0 Å². The van der Waals surface area contributed by atoms with Crippen LogP contribution in [-0.4, -0.2) is 81.9 Å². The molecule has 10 heteroatoms. The zero-order valence-electron chi connectivity index (χ0n) is 16.3. The Balaban J connectivity index is 0.00000261. The number of guanidine groups is 1. The summed E-state index contributed by atoms with van der Waals surface area (Å²) < 4.78 is 7.66. The fourth-order valence-corrected chi connectivity index (χ4v) is 3.25. The van der Waals surface area contributed by atoms with Crippen LogP contribution in [0, 0.1) is 6.92 Å². The lowest BCUT2D eigenvalue weighted by molar-refractivity contribution is -0.130. The van der Waals surface area contributed by atoms with Crippen LogP contribution in [-0.2, 0) is 23.1 Å². The fourth-order valence-electron chi connectivity index (χ4n) is 3.25. The Morgan fingerprint density at radius 2 is 1.96 bits per heavy atom. The number of amides is 1. The molecule has 9 nitrogen and oxygen atoms in total. The highest BCUT2D eigenvalue weighted by Crippen LogP contribution is 2.11. The van der Waals surface area contributed by atoms with Crippen molar-refractivity contribution < 1.29 is 9.53 Å². The third-order valence-corrected chi connectivity index (χ3v) is 5.09. The molecule has 27 heavy (non-hydrogen) atoms. The average Bonchev–Trinajstić information content (AvgIpc) is 3.27. The lowest BCUT2D eigenvalue weighted by Crippen LogP contribution is -2.54. The second-order valence-electron chi connectivity index (χ2n) is 6.87. The second kappa shape index (κ2) is 10.2. The molecule has 0 spiro atoms. The summed E-state index contributed by atoms with van der Waals surface area (Å²) in [6, 6.07) is 0. The van der Waals surface area contributed by atoms with E-state index in [1.54, 1.807) is 6.92 Å². The predicted octanol–water partition coefficient (Wildman–Crippen LogP) is 0.530. The standard InChI is InChI=1S/C17H29N7O2.HI/c1-13-20-21-16(22(13)3)12-19-17(18-11-15-5-4-10-26-15)24-8-6-23(7-9-24)14(2)25;/h15H,4-12H2,1-3H3,(H,18,19);1H. The Labute approximate surface area is 177 Å². The molecule has 1 N–H and O–H groups in total. The van der Waals surface area contributed by atoms with Crippen molar-refractivity contribution in [2.24, 2.45) is 12.0 Å². The molecular weight excluding hydrogens is 461 g/mol. The lowest BCUT2D eigenvalue weighted by atomic mass is 10.2. The topological polar surface area (TPSA) is 87.9 Å². The summed E-state index contributed by atoms with van der Waals surface area (Å²) in [5.74, 6) is 2.69. The first-order valence-electron chi connectivity index (χ1n) is 9.30. The van der Waals surface area contributed by atoms with Gasteiger partial charge in [0.15, 0.2) is 11.8 Å². The molecule has 1 aromatic rings. The van der Waals surface area contributed by atoms with E-state index in [4.69, 9.17) is 9.73 Å². The highest BCUT2D eigenvalue weighted by atomic mass is 127. The molecule has 0 aromatic carbocycles. The third-order valence-electron chi connectivity index (χ3n) is 5.09. The number of piperazine rings is 1. The maximum Gasteiger partial charge on any atom is 0.219 e. The quantitative estimate of drug-likeness (QED) is 0.376. The molecule has 0 saturated carbocycles. The number of rotatable bonds is 4. The molecule has 1 aromatic heterocycles. The minimum absolute atomic E-state index is 0. The number of hydrogen-bond acceptors (Lipinski definition) is 5. The SMILES string of the molecule is CC(=O)N1CCN(C(=NCc2nnc(C)n2C)NCC2CCCO2)CC1.I. The van der Waals surface area contributed by atoms with Crippen molar-refractivity contribution in [2.45, 2.75) is 39.3 Å². The molecule has 152 valence electrons. The summed E-state index contributed by atoms with van der Waals surface area (Å²) in [5.41, 5.74) is 0. The summed E-state index contributed by atoms with van der Waals surface area (Å²) in [6.45, 7) is 8.60. The highest BCUT2D eigenvalue weighted by Gasteiger charge is 2.23. The van der Waals surface area contributed by atoms with E-state index >= 15 is 0 Å². The van der Waals surface area contributed by atoms with E-state index in [0.717, 1.165) is 69.8 Å². The van der Waals surface area contributed by atoms with E-state index in [1.165, 1.54) is 0 Å². The van der Waals surface area contributed by atoms with Crippen LogP contribution in [0.3, 0.4) is 0 Å². The van der Waals surface area contributed by atoms with E-state index < -0.39 is 0 Å². The van der Waals surface area contributed by atoms with Gasteiger partial charge in [-0.05, 0) is 19.8 Å². The van der Waals surface area contributed by atoms with Crippen molar-refractivity contribution in [3.05, 3.63) is 11.6 Å². The number of aromatic nitrogens is 3. The molecule has 0 bridgehead atoms. The smallest absolute Gasteiger partial charge is 0.219 e. The summed E-state index contributed by atoms with van der Waals surface area (Å²) in [7, 11) is 1.95. The van der Waals surface area contributed by atoms with Gasteiger partial charge in [0.25, 0.3) is 0 Å². The number of hydrogen-bond donors (Lipinski definition) is 1. The molecule has 2 fully saturated rings. The summed E-state index contributed by atoms with van der Waals surface area (Å²) in [5, 5.41) is 11.7. The first-order valence-corrected chi connectivity index (χ1v) is 9.30. The zero-order chi connectivity index (χ0) is 18.5. The van der Waals surface area contributed by atoms with E-state index in [9.17, 15) is 4.79 Å².